The van der Waals surface area contributed by atoms with E-state index in [1.54, 1.807) is 12.1 Å². The smallest absolute Gasteiger partial charge is 0.261 e. The number of H-pyrrole nitrogens is 1. The van der Waals surface area contributed by atoms with Gasteiger partial charge < -0.3 is 4.98 Å². The van der Waals surface area contributed by atoms with Crippen LogP contribution in [0, 0.1) is 13.8 Å². The fourth-order valence-electron chi connectivity index (χ4n) is 3.75. The largest absolute Gasteiger partial charge is 0.358 e. The van der Waals surface area contributed by atoms with Gasteiger partial charge >= 0.3 is 0 Å². The van der Waals surface area contributed by atoms with Crippen LogP contribution in [0.1, 0.15) is 41.6 Å². The van der Waals surface area contributed by atoms with Gasteiger partial charge in [0.15, 0.2) is 0 Å². The van der Waals surface area contributed by atoms with Gasteiger partial charge in [0.05, 0.1) is 4.90 Å². The Kier molecular flexibility index (Phi) is 4.27. The van der Waals surface area contributed by atoms with Gasteiger partial charge in [-0.2, -0.15) is 0 Å². The summed E-state index contributed by atoms with van der Waals surface area (Å²) in [7, 11) is -3.61. The van der Waals surface area contributed by atoms with Crippen LogP contribution in [-0.4, -0.2) is 13.4 Å². The van der Waals surface area contributed by atoms with Crippen LogP contribution in [0.2, 0.25) is 0 Å². The average Bonchev–Trinajstić information content (AvgIpc) is 2.78. The second kappa shape index (κ2) is 6.47. The van der Waals surface area contributed by atoms with E-state index in [4.69, 9.17) is 0 Å². The summed E-state index contributed by atoms with van der Waals surface area (Å²) in [5.74, 6) is 0. The van der Waals surface area contributed by atoms with Crippen molar-refractivity contribution < 1.29 is 8.42 Å². The normalized spacial score (nSPS) is 14.8. The second-order valence-corrected chi connectivity index (χ2v) is 8.94. The zero-order valence-corrected chi connectivity index (χ0v) is 16.0. The summed E-state index contributed by atoms with van der Waals surface area (Å²) in [6.07, 6.45) is 5.66. The number of hydrogen-bond acceptors (Lipinski definition) is 2. The highest BCUT2D eigenvalue weighted by Crippen LogP contribution is 2.30. The summed E-state index contributed by atoms with van der Waals surface area (Å²) in [4.78, 5) is 3.80. The van der Waals surface area contributed by atoms with Crippen LogP contribution in [0.4, 0.5) is 5.69 Å². The number of fused-ring (bicyclic) bond motifs is 3. The molecule has 0 aliphatic heterocycles. The van der Waals surface area contributed by atoms with Gasteiger partial charge in [-0.25, -0.2) is 8.42 Å². The Morgan fingerprint density at radius 3 is 2.54 bits per heavy atom. The van der Waals surface area contributed by atoms with Crippen molar-refractivity contribution in [3.05, 3.63) is 58.8 Å². The van der Waals surface area contributed by atoms with E-state index in [2.05, 4.69) is 9.71 Å². The zero-order chi connectivity index (χ0) is 18.3. The first-order valence-electron chi connectivity index (χ1n) is 9.17. The SMILES string of the molecule is Cc1ccc(NS(=O)(=O)c2ccc3[nH]c4c(c3c2)CCCCC4)cc1C. The highest BCUT2D eigenvalue weighted by molar-refractivity contribution is 7.92. The molecule has 3 aromatic rings. The van der Waals surface area contributed by atoms with Crippen molar-refractivity contribution in [1.82, 2.24) is 4.98 Å². The van der Waals surface area contributed by atoms with Gasteiger partial charge in [-0.15, -0.1) is 0 Å². The molecule has 0 radical (unpaired) electrons. The van der Waals surface area contributed by atoms with Crippen molar-refractivity contribution in [1.29, 1.82) is 0 Å². The molecule has 1 aromatic heterocycles. The van der Waals surface area contributed by atoms with Crippen molar-refractivity contribution in [2.24, 2.45) is 0 Å². The van der Waals surface area contributed by atoms with Crippen molar-refractivity contribution in [2.75, 3.05) is 4.72 Å². The minimum atomic E-state index is -3.61. The number of anilines is 1. The number of nitrogens with one attached hydrogen (secondary N) is 2. The van der Waals surface area contributed by atoms with Gasteiger partial charge in [-0.1, -0.05) is 12.5 Å². The lowest BCUT2D eigenvalue weighted by Gasteiger charge is -2.10. The molecule has 0 bridgehead atoms. The molecule has 4 nitrogen and oxygen atoms in total. The predicted molar refractivity (Wildman–Crippen MR) is 106 cm³/mol. The van der Waals surface area contributed by atoms with Crippen LogP contribution < -0.4 is 4.72 Å². The molecule has 1 aliphatic rings. The lowest BCUT2D eigenvalue weighted by molar-refractivity contribution is 0.601. The molecule has 4 rings (SSSR count). The molecule has 5 heteroatoms. The van der Waals surface area contributed by atoms with E-state index in [0.717, 1.165) is 41.3 Å². The first-order valence-corrected chi connectivity index (χ1v) is 10.7. The van der Waals surface area contributed by atoms with Gasteiger partial charge in [0.25, 0.3) is 10.0 Å². The van der Waals surface area contributed by atoms with Crippen LogP contribution in [0.25, 0.3) is 10.9 Å². The van der Waals surface area contributed by atoms with Crippen molar-refractivity contribution in [2.45, 2.75) is 50.8 Å². The summed E-state index contributed by atoms with van der Waals surface area (Å²) in [5.41, 5.74) is 6.40. The van der Waals surface area contributed by atoms with Crippen molar-refractivity contribution >= 4 is 26.6 Å². The number of aryl methyl sites for hydroxylation is 4. The Morgan fingerprint density at radius 1 is 0.923 bits per heavy atom. The highest BCUT2D eigenvalue weighted by atomic mass is 32.2. The molecular weight excluding hydrogens is 344 g/mol. The Bertz CT molecular complexity index is 1080. The van der Waals surface area contributed by atoms with E-state index in [0.29, 0.717) is 10.6 Å². The van der Waals surface area contributed by atoms with Crippen LogP contribution >= 0.6 is 0 Å². The molecule has 0 spiro atoms. The van der Waals surface area contributed by atoms with Crippen LogP contribution in [0.5, 0.6) is 0 Å². The van der Waals surface area contributed by atoms with E-state index < -0.39 is 10.0 Å². The van der Waals surface area contributed by atoms with Gasteiger partial charge in [-0.3, -0.25) is 4.72 Å². The Hall–Kier alpha value is -2.27. The quantitative estimate of drug-likeness (QED) is 0.649. The topological polar surface area (TPSA) is 62.0 Å². The molecule has 0 amide bonds. The second-order valence-electron chi connectivity index (χ2n) is 7.25. The van der Waals surface area contributed by atoms with Crippen LogP contribution in [0.3, 0.4) is 0 Å². The molecule has 1 heterocycles. The van der Waals surface area contributed by atoms with Crippen molar-refractivity contribution in [3.8, 4) is 0 Å². The third-order valence-corrected chi connectivity index (χ3v) is 6.77. The fraction of sp³-hybridized carbons (Fsp3) is 0.333. The maximum Gasteiger partial charge on any atom is 0.261 e. The highest BCUT2D eigenvalue weighted by Gasteiger charge is 2.19. The number of sulfonamides is 1. The molecule has 0 saturated heterocycles. The molecule has 0 atom stereocenters. The Labute approximate surface area is 154 Å². The number of aromatic nitrogens is 1. The molecule has 0 fully saturated rings. The number of aromatic amines is 1. The summed E-state index contributed by atoms with van der Waals surface area (Å²) in [6.45, 7) is 3.99. The maximum absolute atomic E-state index is 12.9. The van der Waals surface area contributed by atoms with Crippen molar-refractivity contribution in [3.63, 3.8) is 0 Å². The monoisotopic (exact) mass is 368 g/mol. The van der Waals surface area contributed by atoms with Crippen LogP contribution in [-0.2, 0) is 22.9 Å². The van der Waals surface area contributed by atoms with E-state index >= 15 is 0 Å². The third-order valence-electron chi connectivity index (χ3n) is 5.39. The van der Waals surface area contributed by atoms with E-state index in [1.165, 1.54) is 24.1 Å². The average molecular weight is 369 g/mol. The van der Waals surface area contributed by atoms with E-state index in [9.17, 15) is 8.42 Å². The summed E-state index contributed by atoms with van der Waals surface area (Å²) < 4.78 is 28.5. The summed E-state index contributed by atoms with van der Waals surface area (Å²) >= 11 is 0. The minimum absolute atomic E-state index is 0.314. The summed E-state index contributed by atoms with van der Waals surface area (Å²) in [5, 5.41) is 1.05. The van der Waals surface area contributed by atoms with E-state index in [-0.39, 0.29) is 0 Å². The molecule has 0 unspecified atom stereocenters. The van der Waals surface area contributed by atoms with Gasteiger partial charge in [0.1, 0.15) is 0 Å². The molecule has 0 saturated carbocycles. The lowest BCUT2D eigenvalue weighted by atomic mass is 10.1. The van der Waals surface area contributed by atoms with Gasteiger partial charge in [0, 0.05) is 22.3 Å². The molecule has 1 aliphatic carbocycles. The fourth-order valence-corrected chi connectivity index (χ4v) is 4.82. The molecule has 136 valence electrons. The third kappa shape index (κ3) is 3.12. The maximum atomic E-state index is 12.9. The number of benzene rings is 2. The van der Waals surface area contributed by atoms with Crippen LogP contribution in [0.15, 0.2) is 41.3 Å². The predicted octanol–water partition coefficient (Wildman–Crippen LogP) is 4.85. The van der Waals surface area contributed by atoms with Gasteiger partial charge in [0.2, 0.25) is 0 Å². The molecule has 26 heavy (non-hydrogen) atoms. The first kappa shape index (κ1) is 17.2. The van der Waals surface area contributed by atoms with Gasteiger partial charge in [-0.05, 0) is 86.6 Å². The zero-order valence-electron chi connectivity index (χ0n) is 15.2. The Morgan fingerprint density at radius 2 is 1.73 bits per heavy atom. The number of rotatable bonds is 3. The lowest BCUT2D eigenvalue weighted by Crippen LogP contribution is -2.13. The number of hydrogen-bond donors (Lipinski definition) is 2. The Balaban J connectivity index is 1.72. The first-order chi connectivity index (χ1) is 12.4. The minimum Gasteiger partial charge on any atom is -0.358 e. The molecule has 2 N–H and O–H groups in total. The summed E-state index contributed by atoms with van der Waals surface area (Å²) in [6, 6.07) is 11.0. The standard InChI is InChI=1S/C21H24N2O2S/c1-14-8-9-16(12-15(14)2)23-26(24,25)17-10-11-21-19(13-17)18-6-4-3-5-7-20(18)22-21/h8-13,22-23H,3-7H2,1-2H3. The molecule has 2 aromatic carbocycles. The molecular formula is C21H24N2O2S. The van der Waals surface area contributed by atoms with E-state index in [1.807, 2.05) is 38.1 Å².